The molecule has 0 saturated heterocycles. The monoisotopic (exact) mass is 391 g/mol. The predicted octanol–water partition coefficient (Wildman–Crippen LogP) is 3.85. The molecule has 28 heavy (non-hydrogen) atoms. The number of hydrogen-bond acceptors (Lipinski definition) is 7. The lowest BCUT2D eigenvalue weighted by atomic mass is 10.1. The molecule has 7 nitrogen and oxygen atoms in total. The molecule has 0 spiro atoms. The summed E-state index contributed by atoms with van der Waals surface area (Å²) in [7, 11) is 0. The van der Waals surface area contributed by atoms with E-state index in [4.69, 9.17) is 0 Å². The second kappa shape index (κ2) is 7.27. The zero-order valence-corrected chi connectivity index (χ0v) is 16.4. The van der Waals surface area contributed by atoms with Crippen molar-refractivity contribution in [3.05, 3.63) is 57.9 Å². The van der Waals surface area contributed by atoms with Crippen molar-refractivity contribution in [3.8, 4) is 0 Å². The topological polar surface area (TPSA) is 92.3 Å². The Kier molecular flexibility index (Phi) is 4.48. The van der Waals surface area contributed by atoms with Gasteiger partial charge in [0.25, 0.3) is 0 Å². The third kappa shape index (κ3) is 3.47. The number of aryl methyl sites for hydroxylation is 1. The van der Waals surface area contributed by atoms with Gasteiger partial charge in [0.05, 0.1) is 11.6 Å². The van der Waals surface area contributed by atoms with Gasteiger partial charge in [-0.05, 0) is 31.7 Å². The van der Waals surface area contributed by atoms with Crippen molar-refractivity contribution >= 4 is 28.2 Å². The van der Waals surface area contributed by atoms with E-state index >= 15 is 0 Å². The lowest BCUT2D eigenvalue weighted by molar-refractivity contribution is 0.686. The molecule has 1 aliphatic rings. The van der Waals surface area contributed by atoms with Crippen molar-refractivity contribution in [2.75, 3.05) is 5.32 Å². The maximum atomic E-state index is 4.50. The van der Waals surface area contributed by atoms with Crippen LogP contribution in [0, 0.1) is 6.92 Å². The van der Waals surface area contributed by atoms with Gasteiger partial charge in [0, 0.05) is 18.4 Å². The number of aromatic nitrogens is 6. The van der Waals surface area contributed by atoms with Crippen molar-refractivity contribution in [2.24, 2.45) is 0 Å². The van der Waals surface area contributed by atoms with E-state index in [0.717, 1.165) is 52.5 Å². The zero-order valence-electron chi connectivity index (χ0n) is 15.6. The number of H-pyrrole nitrogens is 1. The molecule has 0 amide bonds. The van der Waals surface area contributed by atoms with Crippen LogP contribution in [0.3, 0.4) is 0 Å². The van der Waals surface area contributed by atoms with Crippen LogP contribution in [0.5, 0.6) is 0 Å². The van der Waals surface area contributed by atoms with Crippen molar-refractivity contribution in [3.63, 3.8) is 0 Å². The smallest absolute Gasteiger partial charge is 0.160 e. The summed E-state index contributed by atoms with van der Waals surface area (Å²) in [5, 5.41) is 22.6. The summed E-state index contributed by atoms with van der Waals surface area (Å²) in [6.07, 6.45) is 7.45. The van der Waals surface area contributed by atoms with Crippen molar-refractivity contribution in [1.82, 2.24) is 30.4 Å². The lowest BCUT2D eigenvalue weighted by Crippen LogP contribution is -2.16. The number of fused-ring (bicyclic) bond motifs is 1. The predicted molar refractivity (Wildman–Crippen MR) is 110 cm³/mol. The second-order valence-electron chi connectivity index (χ2n) is 7.40. The van der Waals surface area contributed by atoms with Crippen LogP contribution < -0.4 is 5.32 Å². The standard InChI is InChI=1S/C20H21N7S/c1-12-2-4-13(5-3-12)8-17-25-27-20(28-17)14-6-7-15(9-14)24-18-16-10-23-26-19(16)22-11-21-18/h2-5,10-11,14-15H,6-9H2,1H3,(H2,21,22,23,24,26)/t14?,15-/m0/s1. The van der Waals surface area contributed by atoms with E-state index < -0.39 is 0 Å². The molecule has 1 fully saturated rings. The van der Waals surface area contributed by atoms with Crippen molar-refractivity contribution in [1.29, 1.82) is 0 Å². The summed E-state index contributed by atoms with van der Waals surface area (Å²) >= 11 is 1.75. The van der Waals surface area contributed by atoms with Crippen LogP contribution in [-0.4, -0.2) is 36.4 Å². The van der Waals surface area contributed by atoms with Crippen LogP contribution >= 0.6 is 11.3 Å². The first-order valence-electron chi connectivity index (χ1n) is 9.53. The van der Waals surface area contributed by atoms with E-state index in [1.807, 2.05) is 0 Å². The molecule has 4 aromatic rings. The zero-order chi connectivity index (χ0) is 18.9. The first-order chi connectivity index (χ1) is 13.7. The maximum absolute atomic E-state index is 4.50. The number of rotatable bonds is 5. The largest absolute Gasteiger partial charge is 0.367 e. The SMILES string of the molecule is Cc1ccc(Cc2nnc(C3CC[C@H](Nc4ncnc5[nH]ncc45)C3)s2)cc1. The maximum Gasteiger partial charge on any atom is 0.160 e. The molecule has 8 heteroatoms. The van der Waals surface area contributed by atoms with Crippen LogP contribution in [-0.2, 0) is 6.42 Å². The quantitative estimate of drug-likeness (QED) is 0.537. The van der Waals surface area contributed by atoms with Gasteiger partial charge < -0.3 is 5.32 Å². The third-order valence-electron chi connectivity index (χ3n) is 5.33. The Labute approximate surface area is 166 Å². The minimum atomic E-state index is 0.377. The summed E-state index contributed by atoms with van der Waals surface area (Å²) in [5.74, 6) is 1.31. The molecule has 3 heterocycles. The molecule has 0 aliphatic heterocycles. The third-order valence-corrected chi connectivity index (χ3v) is 6.41. The van der Waals surface area contributed by atoms with Gasteiger partial charge in [-0.1, -0.05) is 29.8 Å². The normalized spacial score (nSPS) is 19.3. The first kappa shape index (κ1) is 17.2. The van der Waals surface area contributed by atoms with Crippen molar-refractivity contribution in [2.45, 2.75) is 44.6 Å². The van der Waals surface area contributed by atoms with Gasteiger partial charge >= 0.3 is 0 Å². The van der Waals surface area contributed by atoms with Gasteiger partial charge in [-0.15, -0.1) is 21.5 Å². The Morgan fingerprint density at radius 1 is 1.14 bits per heavy atom. The molecule has 0 radical (unpaired) electrons. The fraction of sp³-hybridized carbons (Fsp3) is 0.350. The van der Waals surface area contributed by atoms with Gasteiger partial charge in [-0.3, -0.25) is 5.10 Å². The minimum Gasteiger partial charge on any atom is -0.367 e. The summed E-state index contributed by atoms with van der Waals surface area (Å²) in [4.78, 5) is 8.58. The fourth-order valence-electron chi connectivity index (χ4n) is 3.79. The molecular weight excluding hydrogens is 370 g/mol. The molecule has 1 aromatic carbocycles. The molecule has 1 aliphatic carbocycles. The fourth-order valence-corrected chi connectivity index (χ4v) is 4.82. The molecule has 1 unspecified atom stereocenters. The molecule has 2 atom stereocenters. The molecule has 2 N–H and O–H groups in total. The Balaban J connectivity index is 1.24. The van der Waals surface area contributed by atoms with E-state index in [2.05, 4.69) is 66.9 Å². The van der Waals surface area contributed by atoms with Crippen LogP contribution in [0.15, 0.2) is 36.8 Å². The highest BCUT2D eigenvalue weighted by Crippen LogP contribution is 2.37. The Hall–Kier alpha value is -2.87. The number of anilines is 1. The van der Waals surface area contributed by atoms with E-state index in [0.29, 0.717) is 12.0 Å². The minimum absolute atomic E-state index is 0.377. The molecule has 1 saturated carbocycles. The van der Waals surface area contributed by atoms with E-state index in [9.17, 15) is 0 Å². The summed E-state index contributed by atoms with van der Waals surface area (Å²) in [5.41, 5.74) is 3.33. The van der Waals surface area contributed by atoms with Gasteiger partial charge in [-0.2, -0.15) is 5.10 Å². The Bertz CT molecular complexity index is 1090. The highest BCUT2D eigenvalue weighted by atomic mass is 32.1. The summed E-state index contributed by atoms with van der Waals surface area (Å²) in [6, 6.07) is 9.01. The molecule has 0 bridgehead atoms. The number of nitrogens with zero attached hydrogens (tertiary/aromatic N) is 5. The van der Waals surface area contributed by atoms with Gasteiger partial charge in [0.15, 0.2) is 5.65 Å². The van der Waals surface area contributed by atoms with Gasteiger partial charge in [-0.25, -0.2) is 9.97 Å². The summed E-state index contributed by atoms with van der Waals surface area (Å²) < 4.78 is 0. The van der Waals surface area contributed by atoms with E-state index in [1.54, 1.807) is 23.9 Å². The lowest BCUT2D eigenvalue weighted by Gasteiger charge is -2.13. The Morgan fingerprint density at radius 3 is 2.93 bits per heavy atom. The molecule has 5 rings (SSSR count). The average Bonchev–Trinajstić information content (AvgIpc) is 3.44. The van der Waals surface area contributed by atoms with Crippen LogP contribution in [0.25, 0.3) is 11.0 Å². The van der Waals surface area contributed by atoms with E-state index in [1.165, 1.54) is 11.1 Å². The highest BCUT2D eigenvalue weighted by Gasteiger charge is 2.29. The van der Waals surface area contributed by atoms with Crippen molar-refractivity contribution < 1.29 is 0 Å². The number of hydrogen-bond donors (Lipinski definition) is 2. The number of nitrogens with one attached hydrogen (secondary N) is 2. The molecule has 142 valence electrons. The summed E-state index contributed by atoms with van der Waals surface area (Å²) in [6.45, 7) is 2.11. The number of aromatic amines is 1. The van der Waals surface area contributed by atoms with Gasteiger partial charge in [0.1, 0.15) is 22.2 Å². The van der Waals surface area contributed by atoms with Crippen LogP contribution in [0.4, 0.5) is 5.82 Å². The Morgan fingerprint density at radius 2 is 2.04 bits per heavy atom. The first-order valence-corrected chi connectivity index (χ1v) is 10.3. The van der Waals surface area contributed by atoms with Gasteiger partial charge in [0.2, 0.25) is 0 Å². The second-order valence-corrected chi connectivity index (χ2v) is 8.50. The molecule has 3 aromatic heterocycles. The van der Waals surface area contributed by atoms with E-state index in [-0.39, 0.29) is 0 Å². The van der Waals surface area contributed by atoms with Crippen LogP contribution in [0.1, 0.15) is 46.3 Å². The number of benzene rings is 1. The van der Waals surface area contributed by atoms with Crippen LogP contribution in [0.2, 0.25) is 0 Å². The average molecular weight is 392 g/mol. The molecular formula is C20H21N7S. The highest BCUT2D eigenvalue weighted by molar-refractivity contribution is 7.11.